The van der Waals surface area contributed by atoms with Crippen molar-refractivity contribution in [3.63, 3.8) is 0 Å². The van der Waals surface area contributed by atoms with Crippen LogP contribution in [0.1, 0.15) is 29.5 Å². The van der Waals surface area contributed by atoms with Gasteiger partial charge in [-0.3, -0.25) is 9.59 Å². The highest BCUT2D eigenvalue weighted by Crippen LogP contribution is 2.30. The predicted octanol–water partition coefficient (Wildman–Crippen LogP) is 0.653. The Hall–Kier alpha value is -2.40. The molecule has 0 fully saturated rings. The Bertz CT molecular complexity index is 986. The monoisotopic (exact) mass is 409 g/mol. The van der Waals surface area contributed by atoms with E-state index in [4.69, 9.17) is 5.73 Å². The van der Waals surface area contributed by atoms with Crippen LogP contribution in [0, 0.1) is 0 Å². The van der Waals surface area contributed by atoms with Crippen molar-refractivity contribution in [2.24, 2.45) is 5.73 Å². The van der Waals surface area contributed by atoms with Crippen LogP contribution in [0.25, 0.3) is 0 Å². The third kappa shape index (κ3) is 3.69. The largest absolute Gasteiger partial charge is 0.370 e. The molecule has 0 aliphatic carbocycles. The van der Waals surface area contributed by atoms with Gasteiger partial charge >= 0.3 is 0 Å². The molecule has 0 saturated heterocycles. The highest BCUT2D eigenvalue weighted by molar-refractivity contribution is 7.99. The van der Waals surface area contributed by atoms with E-state index in [1.807, 2.05) is 11.5 Å². The number of thioether (sulfide) groups is 1. The summed E-state index contributed by atoms with van der Waals surface area (Å²) in [5, 5.41) is 8.78. The molecule has 2 heterocycles. The zero-order valence-electron chi connectivity index (χ0n) is 14.7. The number of amides is 2. The van der Waals surface area contributed by atoms with Crippen molar-refractivity contribution in [1.29, 1.82) is 0 Å². The average Bonchev–Trinajstić information content (AvgIpc) is 3.12. The summed E-state index contributed by atoms with van der Waals surface area (Å²) in [4.78, 5) is 23.4. The third-order valence-corrected chi connectivity index (χ3v) is 6.93. The number of nitrogens with two attached hydrogens (primary N) is 1. The van der Waals surface area contributed by atoms with Crippen molar-refractivity contribution in [3.8, 4) is 0 Å². The van der Waals surface area contributed by atoms with Gasteiger partial charge in [-0.15, -0.1) is 10.2 Å². The molecule has 2 amide bonds. The SMILES string of the molecule is CCn1c(CCC(N)=O)nnc1SCCN1C(=O)c2ccccc2S1(=O)=O. The first-order chi connectivity index (χ1) is 12.9. The fraction of sp³-hybridized carbons (Fsp3) is 0.375. The molecule has 27 heavy (non-hydrogen) atoms. The lowest BCUT2D eigenvalue weighted by Gasteiger charge is -2.14. The van der Waals surface area contributed by atoms with E-state index in [9.17, 15) is 18.0 Å². The van der Waals surface area contributed by atoms with Crippen molar-refractivity contribution in [1.82, 2.24) is 19.1 Å². The van der Waals surface area contributed by atoms with Crippen molar-refractivity contribution < 1.29 is 18.0 Å². The van der Waals surface area contributed by atoms with E-state index in [0.29, 0.717) is 29.7 Å². The summed E-state index contributed by atoms with van der Waals surface area (Å²) in [7, 11) is -3.80. The standard InChI is InChI=1S/C16H19N5O4S2/c1-2-20-14(8-7-13(17)22)18-19-16(20)26-10-9-21-15(23)11-5-3-4-6-12(11)27(21,24)25/h3-6H,2,7-10H2,1H3,(H2,17,22). The Morgan fingerprint density at radius 1 is 1.26 bits per heavy atom. The second kappa shape index (κ2) is 7.69. The van der Waals surface area contributed by atoms with E-state index in [-0.39, 0.29) is 23.4 Å². The molecule has 0 atom stereocenters. The second-order valence-corrected chi connectivity index (χ2v) is 8.73. The molecule has 2 aromatic rings. The maximum absolute atomic E-state index is 12.5. The van der Waals surface area contributed by atoms with Crippen LogP contribution >= 0.6 is 11.8 Å². The van der Waals surface area contributed by atoms with E-state index >= 15 is 0 Å². The van der Waals surface area contributed by atoms with Crippen molar-refractivity contribution >= 4 is 33.6 Å². The Morgan fingerprint density at radius 3 is 2.67 bits per heavy atom. The minimum absolute atomic E-state index is 0.0354. The minimum atomic E-state index is -3.80. The van der Waals surface area contributed by atoms with Gasteiger partial charge in [0, 0.05) is 31.7 Å². The molecule has 1 aliphatic heterocycles. The fourth-order valence-corrected chi connectivity index (χ4v) is 5.47. The van der Waals surface area contributed by atoms with Gasteiger partial charge in [-0.05, 0) is 19.1 Å². The molecule has 1 aromatic carbocycles. The molecule has 0 spiro atoms. The van der Waals surface area contributed by atoms with Gasteiger partial charge in [0.05, 0.1) is 5.56 Å². The van der Waals surface area contributed by atoms with Crippen LogP contribution in [-0.2, 0) is 27.8 Å². The molecular formula is C16H19N5O4S2. The number of aryl methyl sites for hydroxylation is 1. The van der Waals surface area contributed by atoms with E-state index in [2.05, 4.69) is 10.2 Å². The summed E-state index contributed by atoms with van der Waals surface area (Å²) in [6.45, 7) is 2.57. The molecule has 9 nitrogen and oxygen atoms in total. The summed E-state index contributed by atoms with van der Waals surface area (Å²) >= 11 is 1.31. The summed E-state index contributed by atoms with van der Waals surface area (Å²) in [5.41, 5.74) is 5.37. The van der Waals surface area contributed by atoms with Crippen molar-refractivity contribution in [3.05, 3.63) is 35.7 Å². The molecule has 3 rings (SSSR count). The molecular weight excluding hydrogens is 390 g/mol. The Balaban J connectivity index is 1.67. The number of hydrogen-bond donors (Lipinski definition) is 1. The van der Waals surface area contributed by atoms with E-state index < -0.39 is 21.8 Å². The van der Waals surface area contributed by atoms with E-state index in [0.717, 1.165) is 4.31 Å². The highest BCUT2D eigenvalue weighted by Gasteiger charge is 2.40. The van der Waals surface area contributed by atoms with Gasteiger partial charge in [-0.2, -0.15) is 0 Å². The summed E-state index contributed by atoms with van der Waals surface area (Å²) < 4.78 is 27.8. The molecule has 11 heteroatoms. The maximum atomic E-state index is 12.5. The number of aromatic nitrogens is 3. The number of carbonyl (C=O) groups is 2. The Kier molecular flexibility index (Phi) is 5.51. The Labute approximate surface area is 161 Å². The normalized spacial score (nSPS) is 15.1. The van der Waals surface area contributed by atoms with Gasteiger partial charge in [-0.1, -0.05) is 23.9 Å². The van der Waals surface area contributed by atoms with Crippen LogP contribution in [0.4, 0.5) is 0 Å². The van der Waals surface area contributed by atoms with Crippen molar-refractivity contribution in [2.75, 3.05) is 12.3 Å². The first-order valence-corrected chi connectivity index (χ1v) is 10.8. The summed E-state index contributed by atoms with van der Waals surface area (Å²) in [5.74, 6) is 0.0703. The lowest BCUT2D eigenvalue weighted by molar-refractivity contribution is -0.118. The number of hydrogen-bond acceptors (Lipinski definition) is 7. The molecule has 0 radical (unpaired) electrons. The molecule has 1 aliphatic rings. The molecule has 0 saturated carbocycles. The van der Waals surface area contributed by atoms with Crippen LogP contribution in [0.5, 0.6) is 0 Å². The zero-order chi connectivity index (χ0) is 19.6. The molecule has 0 unspecified atom stereocenters. The number of primary amides is 1. The first kappa shape index (κ1) is 19.4. The number of carbonyl (C=O) groups excluding carboxylic acids is 2. The highest BCUT2D eigenvalue weighted by atomic mass is 32.2. The number of sulfonamides is 1. The van der Waals surface area contributed by atoms with Crippen LogP contribution < -0.4 is 5.73 Å². The quantitative estimate of drug-likeness (QED) is 0.634. The zero-order valence-corrected chi connectivity index (χ0v) is 16.3. The maximum Gasteiger partial charge on any atom is 0.269 e. The topological polar surface area (TPSA) is 128 Å². The van der Waals surface area contributed by atoms with Gasteiger partial charge < -0.3 is 10.3 Å². The lowest BCUT2D eigenvalue weighted by atomic mass is 10.2. The van der Waals surface area contributed by atoms with Crippen LogP contribution in [0.2, 0.25) is 0 Å². The van der Waals surface area contributed by atoms with Gasteiger partial charge in [0.2, 0.25) is 5.91 Å². The molecule has 0 bridgehead atoms. The van der Waals surface area contributed by atoms with E-state index in [1.165, 1.54) is 23.9 Å². The average molecular weight is 409 g/mol. The minimum Gasteiger partial charge on any atom is -0.370 e. The van der Waals surface area contributed by atoms with Crippen LogP contribution in [0.3, 0.4) is 0 Å². The van der Waals surface area contributed by atoms with Crippen molar-refractivity contribution in [2.45, 2.75) is 36.4 Å². The summed E-state index contributed by atoms with van der Waals surface area (Å²) in [6.07, 6.45) is 0.576. The lowest BCUT2D eigenvalue weighted by Crippen LogP contribution is -2.32. The number of rotatable bonds is 8. The summed E-state index contributed by atoms with van der Waals surface area (Å²) in [6, 6.07) is 6.19. The molecule has 1 aromatic heterocycles. The number of fused-ring (bicyclic) bond motifs is 1. The fourth-order valence-electron chi connectivity index (χ4n) is 2.84. The predicted molar refractivity (Wildman–Crippen MR) is 98.6 cm³/mol. The van der Waals surface area contributed by atoms with Crippen LogP contribution in [-0.4, -0.2) is 51.6 Å². The third-order valence-electron chi connectivity index (χ3n) is 4.14. The second-order valence-electron chi connectivity index (χ2n) is 5.84. The first-order valence-electron chi connectivity index (χ1n) is 8.35. The van der Waals surface area contributed by atoms with E-state index in [1.54, 1.807) is 12.1 Å². The van der Waals surface area contributed by atoms with Gasteiger partial charge in [-0.25, -0.2) is 12.7 Å². The van der Waals surface area contributed by atoms with Crippen LogP contribution in [0.15, 0.2) is 34.3 Å². The van der Waals surface area contributed by atoms with Gasteiger partial charge in [0.25, 0.3) is 15.9 Å². The van der Waals surface area contributed by atoms with Gasteiger partial charge in [0.15, 0.2) is 5.16 Å². The molecule has 2 N–H and O–H groups in total. The Morgan fingerprint density at radius 2 is 2.00 bits per heavy atom. The van der Waals surface area contributed by atoms with Gasteiger partial charge in [0.1, 0.15) is 10.7 Å². The number of nitrogens with zero attached hydrogens (tertiary/aromatic N) is 4. The smallest absolute Gasteiger partial charge is 0.269 e. The number of benzene rings is 1. The molecule has 144 valence electrons.